The zero-order valence-electron chi connectivity index (χ0n) is 4.81. The smallest absolute Gasteiger partial charge is 0.126 e. The number of hydrazine groups is 1. The predicted molar refractivity (Wildman–Crippen MR) is 32.2 cm³/mol. The van der Waals surface area contributed by atoms with E-state index < -0.39 is 0 Å². The van der Waals surface area contributed by atoms with Crippen LogP contribution in [0.1, 0.15) is 6.92 Å². The Bertz CT molecular complexity index is 109. The Kier molecular flexibility index (Phi) is 1.45. The fourth-order valence-electron chi connectivity index (χ4n) is 0.590. The highest BCUT2D eigenvalue weighted by Crippen LogP contribution is 1.87. The van der Waals surface area contributed by atoms with Crippen LogP contribution in [0.15, 0.2) is 4.99 Å². The number of amidine groups is 1. The van der Waals surface area contributed by atoms with Crippen LogP contribution >= 0.6 is 0 Å². The van der Waals surface area contributed by atoms with Gasteiger partial charge in [0.25, 0.3) is 0 Å². The van der Waals surface area contributed by atoms with Crippen LogP contribution in [0, 0.1) is 0 Å². The monoisotopic (exact) mass is 114 g/mol. The lowest BCUT2D eigenvalue weighted by atomic mass is 10.6. The van der Waals surface area contributed by atoms with Crippen molar-refractivity contribution in [3.63, 3.8) is 0 Å². The van der Waals surface area contributed by atoms with Crippen molar-refractivity contribution < 1.29 is 0 Å². The average Bonchev–Trinajstić information content (AvgIpc) is 2.14. The van der Waals surface area contributed by atoms with E-state index in [2.05, 4.69) is 15.8 Å². The summed E-state index contributed by atoms with van der Waals surface area (Å²) in [5, 5.41) is 0. The number of hydrogen-bond donors (Lipinski definition) is 3. The first-order chi connectivity index (χ1) is 3.83. The Morgan fingerprint density at radius 1 is 1.88 bits per heavy atom. The molecule has 0 aliphatic carbocycles. The molecule has 4 nitrogen and oxygen atoms in total. The number of rotatable bonds is 1. The molecule has 1 aliphatic rings. The van der Waals surface area contributed by atoms with Crippen LogP contribution in [-0.2, 0) is 0 Å². The molecule has 46 valence electrons. The molecule has 0 saturated heterocycles. The van der Waals surface area contributed by atoms with Crippen LogP contribution < -0.4 is 16.6 Å². The molecule has 1 heterocycles. The second kappa shape index (κ2) is 2.11. The predicted octanol–water partition coefficient (Wildman–Crippen LogP) is -1.20. The molecule has 8 heavy (non-hydrogen) atoms. The van der Waals surface area contributed by atoms with E-state index in [1.54, 1.807) is 0 Å². The van der Waals surface area contributed by atoms with Gasteiger partial charge in [-0.05, 0) is 6.92 Å². The van der Waals surface area contributed by atoms with Crippen molar-refractivity contribution in [3.8, 4) is 0 Å². The zero-order chi connectivity index (χ0) is 5.98. The fourth-order valence-corrected chi connectivity index (χ4v) is 0.590. The van der Waals surface area contributed by atoms with Gasteiger partial charge in [0.15, 0.2) is 0 Å². The summed E-state index contributed by atoms with van der Waals surface area (Å²) in [5.74, 6) is 0.831. The van der Waals surface area contributed by atoms with Gasteiger partial charge >= 0.3 is 0 Å². The molecule has 0 amide bonds. The third kappa shape index (κ3) is 0.962. The Morgan fingerprint density at radius 2 is 2.62 bits per heavy atom. The molecule has 0 aromatic heterocycles. The molecule has 4 heteroatoms. The quantitative estimate of drug-likeness (QED) is 0.401. The van der Waals surface area contributed by atoms with E-state index in [1.807, 2.05) is 6.92 Å². The second-order valence-electron chi connectivity index (χ2n) is 1.73. The highest BCUT2D eigenvalue weighted by molar-refractivity contribution is 5.84. The van der Waals surface area contributed by atoms with Crippen LogP contribution in [0.5, 0.6) is 0 Å². The van der Waals surface area contributed by atoms with E-state index >= 15 is 0 Å². The van der Waals surface area contributed by atoms with E-state index in [1.165, 1.54) is 0 Å². The van der Waals surface area contributed by atoms with Gasteiger partial charge in [0.05, 0.1) is 6.54 Å². The Hall–Kier alpha value is -0.610. The molecule has 0 aromatic rings. The number of hydrogen-bond acceptors (Lipinski definition) is 4. The SMILES string of the molecule is CC1N=C(CN)NN1. The molecule has 0 bridgehead atoms. The van der Waals surface area contributed by atoms with Crippen LogP contribution in [-0.4, -0.2) is 18.5 Å². The Morgan fingerprint density at radius 3 is 2.88 bits per heavy atom. The first kappa shape index (κ1) is 5.53. The number of aliphatic imine (C=N–C) groups is 1. The molecule has 0 aromatic carbocycles. The molecular weight excluding hydrogens is 104 g/mol. The summed E-state index contributed by atoms with van der Waals surface area (Å²) < 4.78 is 0. The third-order valence-electron chi connectivity index (χ3n) is 0.968. The molecule has 0 spiro atoms. The third-order valence-corrected chi connectivity index (χ3v) is 0.968. The van der Waals surface area contributed by atoms with E-state index in [4.69, 9.17) is 5.73 Å². The minimum Gasteiger partial charge on any atom is -0.324 e. The largest absolute Gasteiger partial charge is 0.324 e. The van der Waals surface area contributed by atoms with Gasteiger partial charge in [0.1, 0.15) is 12.0 Å². The minimum atomic E-state index is 0.175. The maximum Gasteiger partial charge on any atom is 0.126 e. The second-order valence-corrected chi connectivity index (χ2v) is 1.73. The highest BCUT2D eigenvalue weighted by Gasteiger charge is 2.07. The van der Waals surface area contributed by atoms with Crippen molar-refractivity contribution in [1.29, 1.82) is 0 Å². The van der Waals surface area contributed by atoms with Gasteiger partial charge in [0, 0.05) is 0 Å². The van der Waals surface area contributed by atoms with Crippen molar-refractivity contribution in [2.24, 2.45) is 10.7 Å². The van der Waals surface area contributed by atoms with Crippen LogP contribution in [0.3, 0.4) is 0 Å². The molecule has 0 fully saturated rings. The van der Waals surface area contributed by atoms with Crippen molar-refractivity contribution in [2.75, 3.05) is 6.54 Å². The van der Waals surface area contributed by atoms with E-state index in [9.17, 15) is 0 Å². The topological polar surface area (TPSA) is 62.4 Å². The van der Waals surface area contributed by atoms with E-state index in [0.29, 0.717) is 6.54 Å². The Balaban J connectivity index is 2.44. The van der Waals surface area contributed by atoms with Gasteiger partial charge in [-0.2, -0.15) is 0 Å². The van der Waals surface area contributed by atoms with Crippen LogP contribution in [0.25, 0.3) is 0 Å². The first-order valence-electron chi connectivity index (χ1n) is 2.61. The Labute approximate surface area is 48.1 Å². The number of nitrogens with one attached hydrogen (secondary N) is 2. The van der Waals surface area contributed by atoms with E-state index in [-0.39, 0.29) is 6.17 Å². The molecule has 1 atom stereocenters. The number of nitrogens with two attached hydrogens (primary N) is 1. The molecule has 1 aliphatic heterocycles. The van der Waals surface area contributed by atoms with Crippen molar-refractivity contribution in [2.45, 2.75) is 13.1 Å². The van der Waals surface area contributed by atoms with Crippen LogP contribution in [0.2, 0.25) is 0 Å². The normalized spacial score (nSPS) is 27.2. The standard InChI is InChI=1S/C4H10N4/c1-3-6-4(2-5)8-7-3/h3,7H,2,5H2,1H3,(H,6,8). The summed E-state index contributed by atoms with van der Waals surface area (Å²) in [6, 6.07) is 0. The molecule has 0 saturated carbocycles. The first-order valence-corrected chi connectivity index (χ1v) is 2.61. The summed E-state index contributed by atoms with van der Waals surface area (Å²) in [6.45, 7) is 2.44. The van der Waals surface area contributed by atoms with Gasteiger partial charge in [-0.15, -0.1) is 0 Å². The van der Waals surface area contributed by atoms with Gasteiger partial charge in [0.2, 0.25) is 0 Å². The summed E-state index contributed by atoms with van der Waals surface area (Å²) in [5.41, 5.74) is 11.0. The van der Waals surface area contributed by atoms with Crippen LogP contribution in [0.4, 0.5) is 0 Å². The number of nitrogens with zero attached hydrogens (tertiary/aromatic N) is 1. The van der Waals surface area contributed by atoms with Gasteiger partial charge < -0.3 is 11.2 Å². The average molecular weight is 114 g/mol. The van der Waals surface area contributed by atoms with E-state index in [0.717, 1.165) is 5.84 Å². The lowest BCUT2D eigenvalue weighted by molar-refractivity contribution is 0.588. The highest BCUT2D eigenvalue weighted by atomic mass is 15.5. The zero-order valence-corrected chi connectivity index (χ0v) is 4.81. The van der Waals surface area contributed by atoms with Crippen molar-refractivity contribution in [3.05, 3.63) is 0 Å². The summed E-state index contributed by atoms with van der Waals surface area (Å²) in [6.07, 6.45) is 0.175. The summed E-state index contributed by atoms with van der Waals surface area (Å²) in [7, 11) is 0. The maximum atomic E-state index is 5.26. The lowest BCUT2D eigenvalue weighted by Gasteiger charge is -1.96. The van der Waals surface area contributed by atoms with Gasteiger partial charge in [-0.25, -0.2) is 10.4 Å². The minimum absolute atomic E-state index is 0.175. The molecule has 0 radical (unpaired) electrons. The fraction of sp³-hybridized carbons (Fsp3) is 0.750. The summed E-state index contributed by atoms with van der Waals surface area (Å²) in [4.78, 5) is 4.08. The molecule has 4 N–H and O–H groups in total. The summed E-state index contributed by atoms with van der Waals surface area (Å²) >= 11 is 0. The van der Waals surface area contributed by atoms with Crippen molar-refractivity contribution >= 4 is 5.84 Å². The van der Waals surface area contributed by atoms with Gasteiger partial charge in [-0.1, -0.05) is 0 Å². The molecular formula is C4H10N4. The maximum absolute atomic E-state index is 5.26. The lowest BCUT2D eigenvalue weighted by Crippen LogP contribution is -2.36. The van der Waals surface area contributed by atoms with Crippen molar-refractivity contribution in [1.82, 2.24) is 10.9 Å². The molecule has 1 rings (SSSR count). The van der Waals surface area contributed by atoms with Gasteiger partial charge in [-0.3, -0.25) is 0 Å². The molecule has 1 unspecified atom stereocenters.